The maximum atomic E-state index is 13.2. The van der Waals surface area contributed by atoms with Crippen LogP contribution in [0.15, 0.2) is 48.5 Å². The van der Waals surface area contributed by atoms with Crippen LogP contribution in [0.2, 0.25) is 0 Å². The van der Waals surface area contributed by atoms with E-state index in [2.05, 4.69) is 53.2 Å². The zero-order valence-electron chi connectivity index (χ0n) is 17.3. The highest BCUT2D eigenvalue weighted by molar-refractivity contribution is 5.82. The van der Waals surface area contributed by atoms with Gasteiger partial charge in [-0.3, -0.25) is 9.69 Å². The fourth-order valence-corrected chi connectivity index (χ4v) is 4.54. The second-order valence-corrected chi connectivity index (χ2v) is 8.70. The normalized spacial score (nSPS) is 21.6. The summed E-state index contributed by atoms with van der Waals surface area (Å²) in [5, 5.41) is 3.16. The van der Waals surface area contributed by atoms with E-state index in [0.717, 1.165) is 38.2 Å². The molecule has 0 unspecified atom stereocenters. The number of anilines is 1. The number of amides is 1. The monoisotopic (exact) mass is 395 g/mol. The second kappa shape index (κ2) is 8.54. The van der Waals surface area contributed by atoms with E-state index in [1.165, 1.54) is 23.4 Å². The molecule has 29 heavy (non-hydrogen) atoms. The Labute approximate surface area is 172 Å². The minimum Gasteiger partial charge on any atom is -0.365 e. The number of carbonyl (C=O) groups is 1. The highest BCUT2D eigenvalue weighted by Gasteiger charge is 2.41. The smallest absolute Gasteiger partial charge is 0.225 e. The van der Waals surface area contributed by atoms with Crippen molar-refractivity contribution in [2.75, 3.05) is 31.1 Å². The summed E-state index contributed by atoms with van der Waals surface area (Å²) in [6.45, 7) is 8.40. The predicted molar refractivity (Wildman–Crippen MR) is 114 cm³/mol. The summed E-state index contributed by atoms with van der Waals surface area (Å²) in [5.74, 6) is 0.336. The van der Waals surface area contributed by atoms with Gasteiger partial charge < -0.3 is 10.2 Å². The summed E-state index contributed by atoms with van der Waals surface area (Å²) in [6.07, 6.45) is 0.783. The van der Waals surface area contributed by atoms with Crippen molar-refractivity contribution in [3.63, 3.8) is 0 Å². The van der Waals surface area contributed by atoms with Crippen LogP contribution < -0.4 is 10.2 Å². The number of hydrogen-bond acceptors (Lipinski definition) is 3. The van der Waals surface area contributed by atoms with E-state index < -0.39 is 0 Å². The molecule has 154 valence electrons. The largest absolute Gasteiger partial charge is 0.365 e. The van der Waals surface area contributed by atoms with Crippen molar-refractivity contribution in [1.29, 1.82) is 0 Å². The Hall–Kier alpha value is -2.40. The Morgan fingerprint density at radius 2 is 1.90 bits per heavy atom. The van der Waals surface area contributed by atoms with Gasteiger partial charge in [-0.2, -0.15) is 0 Å². The van der Waals surface area contributed by atoms with Gasteiger partial charge in [-0.25, -0.2) is 4.39 Å². The van der Waals surface area contributed by atoms with Gasteiger partial charge in [0, 0.05) is 38.4 Å². The molecule has 2 heterocycles. The van der Waals surface area contributed by atoms with Crippen LogP contribution in [-0.4, -0.2) is 43.0 Å². The molecule has 4 rings (SSSR count). The molecule has 1 saturated heterocycles. The molecule has 0 saturated carbocycles. The minimum absolute atomic E-state index is 0.0559. The van der Waals surface area contributed by atoms with E-state index in [-0.39, 0.29) is 23.7 Å². The van der Waals surface area contributed by atoms with Crippen LogP contribution in [0, 0.1) is 17.7 Å². The van der Waals surface area contributed by atoms with E-state index >= 15 is 0 Å². The molecule has 0 aromatic heterocycles. The first-order valence-electron chi connectivity index (χ1n) is 10.6. The van der Waals surface area contributed by atoms with Crippen LogP contribution in [0.4, 0.5) is 10.1 Å². The lowest BCUT2D eigenvalue weighted by molar-refractivity contribution is -0.126. The second-order valence-electron chi connectivity index (χ2n) is 8.70. The Kier molecular flexibility index (Phi) is 5.86. The Morgan fingerprint density at radius 3 is 2.66 bits per heavy atom. The Bertz CT molecular complexity index is 851. The lowest BCUT2D eigenvalue weighted by Gasteiger charge is -2.49. The molecule has 2 aromatic carbocycles. The number of nitrogens with one attached hydrogen (secondary N) is 1. The maximum Gasteiger partial charge on any atom is 0.225 e. The van der Waals surface area contributed by atoms with Gasteiger partial charge in [0.1, 0.15) is 5.82 Å². The third kappa shape index (κ3) is 4.45. The molecule has 1 amide bonds. The van der Waals surface area contributed by atoms with E-state index in [9.17, 15) is 9.18 Å². The number of rotatable bonds is 5. The molecule has 0 aliphatic carbocycles. The van der Waals surface area contributed by atoms with Crippen molar-refractivity contribution >= 4 is 11.6 Å². The van der Waals surface area contributed by atoms with Crippen LogP contribution in [-0.2, 0) is 17.8 Å². The standard InChI is InChI=1S/C24H30FN3O/c1-17(2)14-26-24(29)21-13-19-5-3-4-6-22(19)28-12-11-27(16-23(21)28)15-18-7-9-20(25)10-8-18/h3-10,17,21,23H,11-16H2,1-2H3,(H,26,29)/t21-,23-/m0/s1. The topological polar surface area (TPSA) is 35.6 Å². The van der Waals surface area contributed by atoms with Crippen LogP contribution >= 0.6 is 0 Å². The molecule has 0 radical (unpaired) electrons. The molecule has 0 bridgehead atoms. The van der Waals surface area contributed by atoms with Gasteiger partial charge in [0.2, 0.25) is 5.91 Å². The Morgan fingerprint density at radius 1 is 1.14 bits per heavy atom. The highest BCUT2D eigenvalue weighted by Crippen LogP contribution is 2.36. The third-order valence-electron chi connectivity index (χ3n) is 6.05. The van der Waals surface area contributed by atoms with Crippen molar-refractivity contribution < 1.29 is 9.18 Å². The van der Waals surface area contributed by atoms with Gasteiger partial charge in [0.15, 0.2) is 0 Å². The van der Waals surface area contributed by atoms with Gasteiger partial charge >= 0.3 is 0 Å². The van der Waals surface area contributed by atoms with Gasteiger partial charge in [-0.1, -0.05) is 44.2 Å². The van der Waals surface area contributed by atoms with E-state index in [1.807, 2.05) is 12.1 Å². The third-order valence-corrected chi connectivity index (χ3v) is 6.05. The fourth-order valence-electron chi connectivity index (χ4n) is 4.54. The van der Waals surface area contributed by atoms with Crippen molar-refractivity contribution in [3.05, 3.63) is 65.5 Å². The fraction of sp³-hybridized carbons (Fsp3) is 0.458. The van der Waals surface area contributed by atoms with Gasteiger partial charge in [-0.15, -0.1) is 0 Å². The number of piperazine rings is 1. The molecule has 2 aliphatic rings. The van der Waals surface area contributed by atoms with E-state index in [1.54, 1.807) is 0 Å². The minimum atomic E-state index is -0.204. The molecular formula is C24H30FN3O. The lowest BCUT2D eigenvalue weighted by Crippen LogP contribution is -2.61. The molecule has 2 aliphatic heterocycles. The molecule has 0 spiro atoms. The lowest BCUT2D eigenvalue weighted by atomic mass is 9.83. The molecule has 4 nitrogen and oxygen atoms in total. The molecule has 2 atom stereocenters. The number of halogens is 1. The molecule has 2 aromatic rings. The van der Waals surface area contributed by atoms with E-state index in [4.69, 9.17) is 0 Å². The summed E-state index contributed by atoms with van der Waals surface area (Å²) in [5.41, 5.74) is 3.64. The average molecular weight is 396 g/mol. The van der Waals surface area contributed by atoms with Crippen molar-refractivity contribution in [2.45, 2.75) is 32.9 Å². The summed E-state index contributed by atoms with van der Waals surface area (Å²) in [7, 11) is 0. The van der Waals surface area contributed by atoms with Crippen LogP contribution in [0.3, 0.4) is 0 Å². The number of para-hydroxylation sites is 1. The molecule has 5 heteroatoms. The predicted octanol–water partition coefficient (Wildman–Crippen LogP) is 3.46. The number of nitrogens with zero attached hydrogens (tertiary/aromatic N) is 2. The summed E-state index contributed by atoms with van der Waals surface area (Å²) in [6, 6.07) is 15.4. The first-order valence-corrected chi connectivity index (χ1v) is 10.6. The molecular weight excluding hydrogens is 365 g/mol. The molecule has 1 N–H and O–H groups in total. The number of carbonyl (C=O) groups excluding carboxylic acids is 1. The van der Waals surface area contributed by atoms with E-state index in [0.29, 0.717) is 12.5 Å². The summed E-state index contributed by atoms with van der Waals surface area (Å²) < 4.78 is 13.2. The number of hydrogen-bond donors (Lipinski definition) is 1. The number of fused-ring (bicyclic) bond motifs is 3. The summed E-state index contributed by atoms with van der Waals surface area (Å²) >= 11 is 0. The van der Waals surface area contributed by atoms with Crippen molar-refractivity contribution in [1.82, 2.24) is 10.2 Å². The van der Waals surface area contributed by atoms with Crippen LogP contribution in [0.5, 0.6) is 0 Å². The first kappa shape index (κ1) is 19.9. The SMILES string of the molecule is CC(C)CNC(=O)[C@H]1Cc2ccccc2N2CCN(Cc3ccc(F)cc3)C[C@@H]12. The number of benzene rings is 2. The van der Waals surface area contributed by atoms with Crippen LogP contribution in [0.25, 0.3) is 0 Å². The molecule has 1 fully saturated rings. The van der Waals surface area contributed by atoms with Crippen molar-refractivity contribution in [3.8, 4) is 0 Å². The first-order chi connectivity index (χ1) is 14.0. The highest BCUT2D eigenvalue weighted by atomic mass is 19.1. The van der Waals surface area contributed by atoms with Gasteiger partial charge in [0.05, 0.1) is 12.0 Å². The zero-order valence-corrected chi connectivity index (χ0v) is 17.3. The summed E-state index contributed by atoms with van der Waals surface area (Å²) in [4.78, 5) is 17.9. The van der Waals surface area contributed by atoms with Gasteiger partial charge in [-0.05, 0) is 41.7 Å². The van der Waals surface area contributed by atoms with Gasteiger partial charge in [0.25, 0.3) is 0 Å². The van der Waals surface area contributed by atoms with Crippen LogP contribution in [0.1, 0.15) is 25.0 Å². The Balaban J connectivity index is 1.54. The van der Waals surface area contributed by atoms with Crippen molar-refractivity contribution in [2.24, 2.45) is 11.8 Å². The quantitative estimate of drug-likeness (QED) is 0.842. The average Bonchev–Trinajstić information content (AvgIpc) is 2.73. The maximum absolute atomic E-state index is 13.2. The zero-order chi connectivity index (χ0) is 20.4.